The van der Waals surface area contributed by atoms with Gasteiger partial charge in [0.1, 0.15) is 11.5 Å². The molecular weight excluding hydrogens is 228 g/mol. The molecule has 1 aromatic carbocycles. The van der Waals surface area contributed by atoms with Crippen molar-refractivity contribution in [2.75, 3.05) is 39.2 Å². The molecule has 0 atom stereocenters. The lowest BCUT2D eigenvalue weighted by Crippen LogP contribution is -2.31. The molecule has 0 unspecified atom stereocenters. The second-order valence-corrected chi connectivity index (χ2v) is 4.64. The van der Waals surface area contributed by atoms with Crippen LogP contribution in [-0.4, -0.2) is 33.9 Å². The van der Waals surface area contributed by atoms with Gasteiger partial charge in [-0.25, -0.2) is 0 Å². The zero-order valence-corrected chi connectivity index (χ0v) is 11.2. The highest BCUT2D eigenvalue weighted by atomic mass is 16.5. The highest BCUT2D eigenvalue weighted by Crippen LogP contribution is 2.29. The molecule has 0 saturated carbocycles. The van der Waals surface area contributed by atoms with E-state index in [4.69, 9.17) is 9.47 Å². The van der Waals surface area contributed by atoms with E-state index in [1.54, 1.807) is 14.2 Å². The van der Waals surface area contributed by atoms with Crippen molar-refractivity contribution >= 4 is 5.69 Å². The standard InChI is InChI=1S/C14H22N2O2/c1-17-12-3-4-14(18-2)13(9-12)16-10-11-5-7-15-8-6-11/h3-4,9,11,15-16H,5-8,10H2,1-2H3. The largest absolute Gasteiger partial charge is 0.497 e. The van der Waals surface area contributed by atoms with Gasteiger partial charge in [0.2, 0.25) is 0 Å². The van der Waals surface area contributed by atoms with Crippen LogP contribution in [0.15, 0.2) is 18.2 Å². The van der Waals surface area contributed by atoms with E-state index in [0.29, 0.717) is 0 Å². The van der Waals surface area contributed by atoms with Gasteiger partial charge in [-0.3, -0.25) is 0 Å². The molecule has 1 saturated heterocycles. The molecule has 2 rings (SSSR count). The maximum Gasteiger partial charge on any atom is 0.142 e. The fourth-order valence-corrected chi connectivity index (χ4v) is 2.29. The van der Waals surface area contributed by atoms with Crippen molar-refractivity contribution in [3.05, 3.63) is 18.2 Å². The minimum Gasteiger partial charge on any atom is -0.497 e. The van der Waals surface area contributed by atoms with Crippen molar-refractivity contribution in [1.29, 1.82) is 0 Å². The molecule has 0 radical (unpaired) electrons. The number of hydrogen-bond acceptors (Lipinski definition) is 4. The molecule has 0 aliphatic carbocycles. The van der Waals surface area contributed by atoms with Gasteiger partial charge in [0.25, 0.3) is 0 Å². The molecule has 0 amide bonds. The first-order valence-corrected chi connectivity index (χ1v) is 6.50. The van der Waals surface area contributed by atoms with Crippen LogP contribution < -0.4 is 20.1 Å². The highest BCUT2D eigenvalue weighted by molar-refractivity contribution is 5.59. The Labute approximate surface area is 109 Å². The highest BCUT2D eigenvalue weighted by Gasteiger charge is 2.13. The first-order chi connectivity index (χ1) is 8.83. The van der Waals surface area contributed by atoms with Crippen molar-refractivity contribution in [3.8, 4) is 11.5 Å². The molecule has 4 heteroatoms. The van der Waals surface area contributed by atoms with Crippen molar-refractivity contribution in [2.45, 2.75) is 12.8 Å². The Hall–Kier alpha value is -1.42. The quantitative estimate of drug-likeness (QED) is 0.840. The molecule has 1 aromatic rings. The third kappa shape index (κ3) is 3.29. The summed E-state index contributed by atoms with van der Waals surface area (Å²) in [5.74, 6) is 2.45. The Morgan fingerprint density at radius 1 is 1.22 bits per heavy atom. The van der Waals surface area contributed by atoms with Crippen molar-refractivity contribution in [1.82, 2.24) is 5.32 Å². The summed E-state index contributed by atoms with van der Waals surface area (Å²) in [5.41, 5.74) is 1.01. The van der Waals surface area contributed by atoms with E-state index in [1.165, 1.54) is 12.8 Å². The maximum absolute atomic E-state index is 5.35. The lowest BCUT2D eigenvalue weighted by Gasteiger charge is -2.23. The number of ether oxygens (including phenoxy) is 2. The van der Waals surface area contributed by atoms with Crippen LogP contribution in [0.25, 0.3) is 0 Å². The number of hydrogen-bond donors (Lipinski definition) is 2. The molecule has 0 bridgehead atoms. The van der Waals surface area contributed by atoms with Crippen molar-refractivity contribution in [2.24, 2.45) is 5.92 Å². The van der Waals surface area contributed by atoms with Crippen LogP contribution in [0, 0.1) is 5.92 Å². The normalized spacial score (nSPS) is 16.3. The lowest BCUT2D eigenvalue weighted by molar-refractivity contribution is 0.386. The molecule has 1 aliphatic heterocycles. The molecule has 18 heavy (non-hydrogen) atoms. The fourth-order valence-electron chi connectivity index (χ4n) is 2.29. The number of anilines is 1. The van der Waals surface area contributed by atoms with Gasteiger partial charge < -0.3 is 20.1 Å². The summed E-state index contributed by atoms with van der Waals surface area (Å²) in [6, 6.07) is 5.83. The molecular formula is C14H22N2O2. The monoisotopic (exact) mass is 250 g/mol. The zero-order chi connectivity index (χ0) is 12.8. The van der Waals surface area contributed by atoms with Crippen LogP contribution >= 0.6 is 0 Å². The van der Waals surface area contributed by atoms with Gasteiger partial charge in [-0.05, 0) is 44.0 Å². The van der Waals surface area contributed by atoms with E-state index in [2.05, 4.69) is 10.6 Å². The summed E-state index contributed by atoms with van der Waals surface area (Å²) >= 11 is 0. The Morgan fingerprint density at radius 2 is 2.00 bits per heavy atom. The van der Waals surface area contributed by atoms with E-state index in [0.717, 1.165) is 42.7 Å². The fraction of sp³-hybridized carbons (Fsp3) is 0.571. The van der Waals surface area contributed by atoms with Gasteiger partial charge in [0.15, 0.2) is 0 Å². The summed E-state index contributed by atoms with van der Waals surface area (Å²) in [6.07, 6.45) is 2.47. The number of methoxy groups -OCH3 is 2. The molecule has 1 aliphatic rings. The molecule has 4 nitrogen and oxygen atoms in total. The van der Waals surface area contributed by atoms with Crippen LogP contribution in [0.5, 0.6) is 11.5 Å². The first-order valence-electron chi connectivity index (χ1n) is 6.50. The second-order valence-electron chi connectivity index (χ2n) is 4.64. The van der Waals surface area contributed by atoms with E-state index in [-0.39, 0.29) is 0 Å². The van der Waals surface area contributed by atoms with Gasteiger partial charge in [0, 0.05) is 12.6 Å². The molecule has 1 fully saturated rings. The Morgan fingerprint density at radius 3 is 2.67 bits per heavy atom. The Bertz CT molecular complexity index is 376. The predicted molar refractivity (Wildman–Crippen MR) is 73.6 cm³/mol. The molecule has 0 spiro atoms. The molecule has 2 N–H and O–H groups in total. The average Bonchev–Trinajstić information content (AvgIpc) is 2.45. The predicted octanol–water partition coefficient (Wildman–Crippen LogP) is 2.12. The van der Waals surface area contributed by atoms with Crippen LogP contribution in [0.2, 0.25) is 0 Å². The maximum atomic E-state index is 5.35. The van der Waals surface area contributed by atoms with E-state index in [1.807, 2.05) is 18.2 Å². The summed E-state index contributed by atoms with van der Waals surface area (Å²) < 4.78 is 10.6. The third-order valence-corrected chi connectivity index (χ3v) is 3.45. The van der Waals surface area contributed by atoms with Crippen molar-refractivity contribution < 1.29 is 9.47 Å². The lowest BCUT2D eigenvalue weighted by atomic mass is 9.98. The van der Waals surface area contributed by atoms with Crippen molar-refractivity contribution in [3.63, 3.8) is 0 Å². The van der Waals surface area contributed by atoms with Crippen LogP contribution in [-0.2, 0) is 0 Å². The van der Waals surface area contributed by atoms with Crippen LogP contribution in [0.3, 0.4) is 0 Å². The second kappa shape index (κ2) is 6.50. The van der Waals surface area contributed by atoms with Gasteiger partial charge in [0.05, 0.1) is 19.9 Å². The van der Waals surface area contributed by atoms with Crippen LogP contribution in [0.1, 0.15) is 12.8 Å². The molecule has 100 valence electrons. The van der Waals surface area contributed by atoms with Gasteiger partial charge in [-0.15, -0.1) is 0 Å². The van der Waals surface area contributed by atoms with Crippen LogP contribution in [0.4, 0.5) is 5.69 Å². The topological polar surface area (TPSA) is 42.5 Å². The summed E-state index contributed by atoms with van der Waals surface area (Å²) in [6.45, 7) is 3.24. The summed E-state index contributed by atoms with van der Waals surface area (Å²) in [7, 11) is 3.37. The SMILES string of the molecule is COc1ccc(OC)c(NCC2CCNCC2)c1. The van der Waals surface area contributed by atoms with E-state index < -0.39 is 0 Å². The average molecular weight is 250 g/mol. The smallest absolute Gasteiger partial charge is 0.142 e. The number of piperidine rings is 1. The summed E-state index contributed by atoms with van der Waals surface area (Å²) in [5, 5.41) is 6.86. The molecule has 0 aromatic heterocycles. The number of nitrogens with one attached hydrogen (secondary N) is 2. The molecule has 1 heterocycles. The van der Waals surface area contributed by atoms with Gasteiger partial charge in [-0.2, -0.15) is 0 Å². The van der Waals surface area contributed by atoms with Gasteiger partial charge in [-0.1, -0.05) is 0 Å². The Balaban J connectivity index is 1.97. The minimum atomic E-state index is 0.738. The minimum absolute atomic E-state index is 0.738. The van der Waals surface area contributed by atoms with E-state index in [9.17, 15) is 0 Å². The van der Waals surface area contributed by atoms with Gasteiger partial charge >= 0.3 is 0 Å². The summed E-state index contributed by atoms with van der Waals surface area (Å²) in [4.78, 5) is 0. The third-order valence-electron chi connectivity index (χ3n) is 3.45. The zero-order valence-electron chi connectivity index (χ0n) is 11.2. The van der Waals surface area contributed by atoms with E-state index >= 15 is 0 Å². The first kappa shape index (κ1) is 13.0. The Kier molecular flexibility index (Phi) is 4.70. The number of rotatable bonds is 5. The number of benzene rings is 1.